The average Bonchev–Trinajstić information content (AvgIpc) is 1.85. The van der Waals surface area contributed by atoms with Crippen molar-refractivity contribution >= 4 is 5.84 Å². The van der Waals surface area contributed by atoms with Crippen LogP contribution in [0.5, 0.6) is 0 Å². The third kappa shape index (κ3) is 5.56. The van der Waals surface area contributed by atoms with Gasteiger partial charge in [0, 0.05) is 6.42 Å². The second kappa shape index (κ2) is 5.23. The van der Waals surface area contributed by atoms with E-state index in [1.165, 1.54) is 0 Å². The van der Waals surface area contributed by atoms with Gasteiger partial charge in [0.1, 0.15) is 0 Å². The van der Waals surface area contributed by atoms with Crippen molar-refractivity contribution in [3.05, 3.63) is 0 Å². The molecule has 0 fully saturated rings. The Kier molecular flexibility index (Phi) is 4.94. The summed E-state index contributed by atoms with van der Waals surface area (Å²) in [4.78, 5) is 0. The Hall–Kier alpha value is -0.570. The van der Waals surface area contributed by atoms with Crippen LogP contribution in [0.4, 0.5) is 0 Å². The minimum atomic E-state index is -0.270. The average molecular weight is 144 g/mol. The van der Waals surface area contributed by atoms with Crippen molar-refractivity contribution in [3.63, 3.8) is 0 Å². The van der Waals surface area contributed by atoms with Crippen molar-refractivity contribution in [2.24, 2.45) is 5.73 Å². The summed E-state index contributed by atoms with van der Waals surface area (Å²) >= 11 is 0. The third-order valence-electron chi connectivity index (χ3n) is 1.37. The van der Waals surface area contributed by atoms with Crippen LogP contribution in [0.15, 0.2) is 0 Å². The smallest absolute Gasteiger partial charge is 0.0906 e. The molecule has 0 aromatic rings. The summed E-state index contributed by atoms with van der Waals surface area (Å²) in [5.74, 6) is 0.162. The molecule has 0 amide bonds. The zero-order chi connectivity index (χ0) is 7.98. The molecule has 0 aromatic carbocycles. The van der Waals surface area contributed by atoms with E-state index in [0.29, 0.717) is 12.8 Å². The van der Waals surface area contributed by atoms with Gasteiger partial charge >= 0.3 is 0 Å². The normalized spacial score (nSPS) is 13.0. The molecule has 1 unspecified atom stereocenters. The van der Waals surface area contributed by atoms with Gasteiger partial charge < -0.3 is 10.8 Å². The topological polar surface area (TPSA) is 70.1 Å². The molecule has 3 nitrogen and oxygen atoms in total. The van der Waals surface area contributed by atoms with E-state index in [4.69, 9.17) is 16.2 Å². The standard InChI is InChI=1S/C7H16N2O/c1-2-3-6(10)4-5-7(8)9/h6,10H,2-5H2,1H3,(H3,8,9). The quantitative estimate of drug-likeness (QED) is 0.395. The SMILES string of the molecule is CCCC(O)CCC(=N)N. The lowest BCUT2D eigenvalue weighted by molar-refractivity contribution is 0.156. The molecule has 0 heterocycles. The number of aliphatic hydroxyl groups is 1. The first-order valence-electron chi connectivity index (χ1n) is 3.67. The molecule has 0 saturated carbocycles. The Labute approximate surface area is 61.7 Å². The second-order valence-electron chi connectivity index (χ2n) is 2.51. The molecule has 60 valence electrons. The van der Waals surface area contributed by atoms with Crippen LogP contribution in [0.3, 0.4) is 0 Å². The molecule has 0 aliphatic carbocycles. The summed E-state index contributed by atoms with van der Waals surface area (Å²) in [6.07, 6.45) is 2.67. The van der Waals surface area contributed by atoms with Gasteiger partial charge in [-0.1, -0.05) is 13.3 Å². The highest BCUT2D eigenvalue weighted by atomic mass is 16.3. The third-order valence-corrected chi connectivity index (χ3v) is 1.37. The van der Waals surface area contributed by atoms with Gasteiger partial charge in [0.25, 0.3) is 0 Å². The first kappa shape index (κ1) is 9.43. The Morgan fingerprint density at radius 1 is 1.60 bits per heavy atom. The van der Waals surface area contributed by atoms with Gasteiger partial charge in [-0.05, 0) is 12.8 Å². The van der Waals surface area contributed by atoms with Crippen LogP contribution in [0, 0.1) is 5.41 Å². The molecule has 3 heteroatoms. The van der Waals surface area contributed by atoms with Crippen molar-refractivity contribution in [2.45, 2.75) is 38.7 Å². The molecular weight excluding hydrogens is 128 g/mol. The van der Waals surface area contributed by atoms with Crippen molar-refractivity contribution < 1.29 is 5.11 Å². The van der Waals surface area contributed by atoms with Crippen molar-refractivity contribution in [1.82, 2.24) is 0 Å². The van der Waals surface area contributed by atoms with Crippen LogP contribution in [0.25, 0.3) is 0 Å². The summed E-state index contributed by atoms with van der Waals surface area (Å²) in [6, 6.07) is 0. The van der Waals surface area contributed by atoms with Gasteiger partial charge in [-0.2, -0.15) is 0 Å². The van der Waals surface area contributed by atoms with Crippen molar-refractivity contribution in [1.29, 1.82) is 5.41 Å². The number of rotatable bonds is 5. The van der Waals surface area contributed by atoms with E-state index < -0.39 is 0 Å². The number of amidine groups is 1. The molecular formula is C7H16N2O. The molecule has 0 rings (SSSR count). The summed E-state index contributed by atoms with van der Waals surface area (Å²) in [5, 5.41) is 16.0. The first-order valence-corrected chi connectivity index (χ1v) is 3.67. The minimum absolute atomic E-state index is 0.162. The van der Waals surface area contributed by atoms with E-state index in [1.807, 2.05) is 6.92 Å². The predicted octanol–water partition coefficient (Wildman–Crippen LogP) is 0.864. The summed E-state index contributed by atoms with van der Waals surface area (Å²) < 4.78 is 0. The Morgan fingerprint density at radius 3 is 2.60 bits per heavy atom. The fourth-order valence-electron chi connectivity index (χ4n) is 0.800. The highest BCUT2D eigenvalue weighted by Gasteiger charge is 2.01. The molecule has 0 aliphatic heterocycles. The van der Waals surface area contributed by atoms with E-state index in [-0.39, 0.29) is 11.9 Å². The Morgan fingerprint density at radius 2 is 2.20 bits per heavy atom. The minimum Gasteiger partial charge on any atom is -0.393 e. The monoisotopic (exact) mass is 144 g/mol. The molecule has 0 saturated heterocycles. The highest BCUT2D eigenvalue weighted by molar-refractivity contribution is 5.76. The number of hydrogen-bond acceptors (Lipinski definition) is 2. The van der Waals surface area contributed by atoms with Crippen LogP contribution in [-0.2, 0) is 0 Å². The van der Waals surface area contributed by atoms with Gasteiger partial charge in [0.05, 0.1) is 11.9 Å². The molecule has 0 aromatic heterocycles. The van der Waals surface area contributed by atoms with Gasteiger partial charge in [-0.25, -0.2) is 0 Å². The van der Waals surface area contributed by atoms with Gasteiger partial charge in [-0.15, -0.1) is 0 Å². The molecule has 0 spiro atoms. The molecule has 0 bridgehead atoms. The zero-order valence-electron chi connectivity index (χ0n) is 6.43. The lowest BCUT2D eigenvalue weighted by Crippen LogP contribution is -2.14. The summed E-state index contributed by atoms with van der Waals surface area (Å²) in [6.45, 7) is 2.02. The summed E-state index contributed by atoms with van der Waals surface area (Å²) in [7, 11) is 0. The summed E-state index contributed by atoms with van der Waals surface area (Å²) in [5.41, 5.74) is 5.11. The van der Waals surface area contributed by atoms with Gasteiger partial charge in [0.2, 0.25) is 0 Å². The molecule has 1 atom stereocenters. The van der Waals surface area contributed by atoms with Crippen molar-refractivity contribution in [2.75, 3.05) is 0 Å². The van der Waals surface area contributed by atoms with E-state index >= 15 is 0 Å². The highest BCUT2D eigenvalue weighted by Crippen LogP contribution is 2.02. The first-order chi connectivity index (χ1) is 4.66. The maximum atomic E-state index is 9.15. The molecule has 0 aliphatic rings. The lowest BCUT2D eigenvalue weighted by Gasteiger charge is -2.06. The van der Waals surface area contributed by atoms with Gasteiger partial charge in [-0.3, -0.25) is 5.41 Å². The lowest BCUT2D eigenvalue weighted by atomic mass is 10.1. The Balaban J connectivity index is 3.21. The van der Waals surface area contributed by atoms with Crippen LogP contribution in [0.1, 0.15) is 32.6 Å². The maximum Gasteiger partial charge on any atom is 0.0906 e. The molecule has 10 heavy (non-hydrogen) atoms. The maximum absolute atomic E-state index is 9.15. The number of nitrogens with two attached hydrogens (primary N) is 1. The van der Waals surface area contributed by atoms with E-state index in [2.05, 4.69) is 0 Å². The molecule has 0 radical (unpaired) electrons. The predicted molar refractivity (Wildman–Crippen MR) is 42.1 cm³/mol. The molecule has 4 N–H and O–H groups in total. The van der Waals surface area contributed by atoms with Crippen LogP contribution in [0.2, 0.25) is 0 Å². The van der Waals surface area contributed by atoms with Crippen molar-refractivity contribution in [3.8, 4) is 0 Å². The van der Waals surface area contributed by atoms with E-state index in [0.717, 1.165) is 12.8 Å². The van der Waals surface area contributed by atoms with E-state index in [9.17, 15) is 0 Å². The number of aliphatic hydroxyl groups excluding tert-OH is 1. The number of nitrogens with one attached hydrogen (secondary N) is 1. The second-order valence-corrected chi connectivity index (χ2v) is 2.51. The fraction of sp³-hybridized carbons (Fsp3) is 0.857. The number of hydrogen-bond donors (Lipinski definition) is 3. The Bertz CT molecular complexity index is 104. The van der Waals surface area contributed by atoms with Crippen LogP contribution < -0.4 is 5.73 Å². The fourth-order valence-corrected chi connectivity index (χ4v) is 0.800. The van der Waals surface area contributed by atoms with Gasteiger partial charge in [0.15, 0.2) is 0 Å². The largest absolute Gasteiger partial charge is 0.393 e. The zero-order valence-corrected chi connectivity index (χ0v) is 6.43. The van der Waals surface area contributed by atoms with Crippen LogP contribution >= 0.6 is 0 Å². The van der Waals surface area contributed by atoms with E-state index in [1.54, 1.807) is 0 Å². The van der Waals surface area contributed by atoms with Crippen LogP contribution in [-0.4, -0.2) is 17.0 Å².